The minimum absolute atomic E-state index is 0.641. The lowest BCUT2D eigenvalue weighted by Gasteiger charge is -2.13. The van der Waals surface area contributed by atoms with Crippen LogP contribution in [0, 0.1) is 6.57 Å². The predicted octanol–water partition coefficient (Wildman–Crippen LogP) is 10.1. The van der Waals surface area contributed by atoms with Crippen molar-refractivity contribution in [3.05, 3.63) is 151 Å². The summed E-state index contributed by atoms with van der Waals surface area (Å²) < 4.78 is 4.63. The van der Waals surface area contributed by atoms with Gasteiger partial charge in [-0.3, -0.25) is 0 Å². The average molecular weight is 510 g/mol. The van der Waals surface area contributed by atoms with Gasteiger partial charge in [0.05, 0.1) is 34.3 Å². The molecule has 0 aliphatic heterocycles. The van der Waals surface area contributed by atoms with E-state index >= 15 is 0 Å². The summed E-state index contributed by atoms with van der Waals surface area (Å²) in [5.41, 5.74) is 9.58. The molecule has 0 bridgehead atoms. The zero-order valence-corrected chi connectivity index (χ0v) is 21.6. The molecule has 0 fully saturated rings. The molecule has 0 aliphatic carbocycles. The smallest absolute Gasteiger partial charge is 0.210 e. The van der Waals surface area contributed by atoms with E-state index < -0.39 is 0 Å². The van der Waals surface area contributed by atoms with E-state index in [1.807, 2.05) is 24.3 Å². The second kappa shape index (κ2) is 8.73. The molecule has 0 radical (unpaired) electrons. The van der Waals surface area contributed by atoms with Crippen LogP contribution in [-0.2, 0) is 0 Å². The Morgan fingerprint density at radius 2 is 1.10 bits per heavy atom. The Balaban J connectivity index is 1.49. The van der Waals surface area contributed by atoms with Gasteiger partial charge in [0.15, 0.2) is 0 Å². The van der Waals surface area contributed by atoms with Crippen LogP contribution >= 0.6 is 0 Å². The summed E-state index contributed by atoms with van der Waals surface area (Å²) >= 11 is 0. The second-order valence-corrected chi connectivity index (χ2v) is 10.1. The first-order valence-electron chi connectivity index (χ1n) is 13.4. The normalized spacial score (nSPS) is 11.5. The van der Waals surface area contributed by atoms with Crippen LogP contribution in [0.5, 0.6) is 0 Å². The van der Waals surface area contributed by atoms with E-state index in [1.165, 1.54) is 38.1 Å². The fraction of sp³-hybridized carbons (Fsp3) is 0. The Hall–Kier alpha value is -5.59. The van der Waals surface area contributed by atoms with Crippen molar-refractivity contribution in [2.45, 2.75) is 0 Å². The van der Waals surface area contributed by atoms with Crippen molar-refractivity contribution < 1.29 is 0 Å². The van der Waals surface area contributed by atoms with Crippen LogP contribution in [0.3, 0.4) is 0 Å². The molecule has 0 N–H and O–H groups in total. The summed E-state index contributed by atoms with van der Waals surface area (Å²) in [5.74, 6) is 0. The number of benzene rings is 6. The first-order chi connectivity index (χ1) is 19.8. The Labute approximate surface area is 231 Å². The van der Waals surface area contributed by atoms with Gasteiger partial charge in [-0.15, -0.1) is 0 Å². The van der Waals surface area contributed by atoms with E-state index in [1.54, 1.807) is 0 Å². The molecule has 40 heavy (non-hydrogen) atoms. The molecular formula is C37H23N3. The predicted molar refractivity (Wildman–Crippen MR) is 167 cm³/mol. The molecule has 186 valence electrons. The summed E-state index contributed by atoms with van der Waals surface area (Å²) in [5, 5.41) is 4.83. The number of para-hydroxylation sites is 6. The molecule has 0 aliphatic rings. The first kappa shape index (κ1) is 22.4. The van der Waals surface area contributed by atoms with Gasteiger partial charge < -0.3 is 9.13 Å². The molecule has 0 unspecified atom stereocenters. The van der Waals surface area contributed by atoms with Crippen LogP contribution in [0.4, 0.5) is 5.69 Å². The molecule has 8 aromatic rings. The number of aromatic nitrogens is 2. The molecule has 0 amide bonds. The topological polar surface area (TPSA) is 14.2 Å². The maximum absolute atomic E-state index is 7.84. The van der Waals surface area contributed by atoms with Crippen LogP contribution in [0.1, 0.15) is 0 Å². The van der Waals surface area contributed by atoms with Crippen molar-refractivity contribution in [2.24, 2.45) is 0 Å². The molecule has 6 aromatic carbocycles. The highest BCUT2D eigenvalue weighted by Crippen LogP contribution is 2.41. The van der Waals surface area contributed by atoms with Crippen molar-refractivity contribution >= 4 is 49.3 Å². The minimum Gasteiger partial charge on any atom is -0.319 e. The van der Waals surface area contributed by atoms with Gasteiger partial charge in [0.1, 0.15) is 0 Å². The van der Waals surface area contributed by atoms with E-state index in [0.717, 1.165) is 28.0 Å². The van der Waals surface area contributed by atoms with Crippen molar-refractivity contribution in [1.29, 1.82) is 0 Å². The zero-order valence-electron chi connectivity index (χ0n) is 21.6. The fourth-order valence-corrected chi connectivity index (χ4v) is 6.24. The highest BCUT2D eigenvalue weighted by molar-refractivity contribution is 6.15. The molecule has 0 saturated heterocycles. The Morgan fingerprint density at radius 3 is 1.90 bits per heavy atom. The van der Waals surface area contributed by atoms with Gasteiger partial charge in [0, 0.05) is 32.8 Å². The summed E-state index contributed by atoms with van der Waals surface area (Å²) in [6, 6.07) is 48.9. The van der Waals surface area contributed by atoms with Crippen LogP contribution in [0.25, 0.3) is 71.0 Å². The summed E-state index contributed by atoms with van der Waals surface area (Å²) in [6.07, 6.45) is 0. The summed E-state index contributed by atoms with van der Waals surface area (Å²) in [7, 11) is 0. The van der Waals surface area contributed by atoms with Crippen LogP contribution in [0.2, 0.25) is 0 Å². The van der Waals surface area contributed by atoms with E-state index in [0.29, 0.717) is 5.69 Å². The maximum atomic E-state index is 7.84. The van der Waals surface area contributed by atoms with Gasteiger partial charge in [0.25, 0.3) is 0 Å². The number of nitrogens with zero attached hydrogens (tertiary/aromatic N) is 3. The highest BCUT2D eigenvalue weighted by Gasteiger charge is 2.19. The lowest BCUT2D eigenvalue weighted by molar-refractivity contribution is 1.18. The second-order valence-electron chi connectivity index (χ2n) is 10.1. The van der Waals surface area contributed by atoms with Crippen molar-refractivity contribution in [2.75, 3.05) is 0 Å². The molecule has 3 heteroatoms. The Bertz CT molecular complexity index is 2280. The molecule has 2 aromatic heterocycles. The number of rotatable bonds is 3. The first-order valence-corrected chi connectivity index (χ1v) is 13.4. The highest BCUT2D eigenvalue weighted by atomic mass is 15.0. The van der Waals surface area contributed by atoms with Crippen molar-refractivity contribution in [3.8, 4) is 22.5 Å². The third-order valence-corrected chi connectivity index (χ3v) is 7.94. The van der Waals surface area contributed by atoms with Crippen molar-refractivity contribution in [1.82, 2.24) is 9.13 Å². The standard InChI is InChI=1S/C37H23N3/c1-38-32-18-7-10-21-35(32)40-34-20-9-5-14-28(34)30-23-22-25(24-36(30)40)27-16-11-17-31-29-15-6-8-19-33(29)39(37(27)31)26-12-3-2-4-13-26/h2-24H. The van der Waals surface area contributed by atoms with Gasteiger partial charge in [-0.25, -0.2) is 4.85 Å². The largest absolute Gasteiger partial charge is 0.319 e. The van der Waals surface area contributed by atoms with Gasteiger partial charge >= 0.3 is 0 Å². The van der Waals surface area contributed by atoms with Crippen LogP contribution in [-0.4, -0.2) is 9.13 Å². The van der Waals surface area contributed by atoms with E-state index in [9.17, 15) is 0 Å². The number of hydrogen-bond donors (Lipinski definition) is 0. The van der Waals surface area contributed by atoms with Crippen LogP contribution < -0.4 is 0 Å². The minimum atomic E-state index is 0.641. The zero-order chi connectivity index (χ0) is 26.6. The molecule has 0 spiro atoms. The van der Waals surface area contributed by atoms with E-state index in [4.69, 9.17) is 6.57 Å². The number of fused-ring (bicyclic) bond motifs is 6. The number of hydrogen-bond acceptors (Lipinski definition) is 0. The average Bonchev–Trinajstić information content (AvgIpc) is 3.54. The van der Waals surface area contributed by atoms with Crippen molar-refractivity contribution in [3.63, 3.8) is 0 Å². The summed E-state index contributed by atoms with van der Waals surface area (Å²) in [4.78, 5) is 3.86. The quantitative estimate of drug-likeness (QED) is 0.210. The lowest BCUT2D eigenvalue weighted by atomic mass is 10.0. The molecule has 3 nitrogen and oxygen atoms in total. The third kappa shape index (κ3) is 3.17. The maximum Gasteiger partial charge on any atom is 0.210 e. The Kier molecular flexibility index (Phi) is 4.89. The van der Waals surface area contributed by atoms with Gasteiger partial charge in [0.2, 0.25) is 5.69 Å². The molecular weight excluding hydrogens is 486 g/mol. The van der Waals surface area contributed by atoms with Gasteiger partial charge in [-0.2, -0.15) is 0 Å². The van der Waals surface area contributed by atoms with Gasteiger partial charge in [-0.1, -0.05) is 103 Å². The molecule has 2 heterocycles. The van der Waals surface area contributed by atoms with Gasteiger partial charge in [-0.05, 0) is 42.0 Å². The molecule has 0 saturated carbocycles. The summed E-state index contributed by atoms with van der Waals surface area (Å²) in [6.45, 7) is 7.84. The van der Waals surface area contributed by atoms with E-state index in [2.05, 4.69) is 129 Å². The van der Waals surface area contributed by atoms with E-state index in [-0.39, 0.29) is 0 Å². The lowest BCUT2D eigenvalue weighted by Crippen LogP contribution is -1.96. The third-order valence-electron chi connectivity index (χ3n) is 7.94. The molecule has 8 rings (SSSR count). The monoisotopic (exact) mass is 509 g/mol. The SMILES string of the molecule is [C-]#[N+]c1ccccc1-n1c2ccccc2c2ccc(-c3cccc4c5ccccc5n(-c5ccccc5)c34)cc21. The molecule has 0 atom stereocenters. The Morgan fingerprint density at radius 1 is 0.475 bits per heavy atom. The van der Waals surface area contributed by atoms with Crippen LogP contribution in [0.15, 0.2) is 140 Å². The fourth-order valence-electron chi connectivity index (χ4n) is 6.24.